The van der Waals surface area contributed by atoms with Crippen molar-refractivity contribution in [2.24, 2.45) is 5.10 Å². The zero-order valence-electron chi connectivity index (χ0n) is 7.93. The number of nitrogens with zero attached hydrogens (tertiary/aromatic N) is 3. The fraction of sp³-hybridized carbons (Fsp3) is 0.667. The SMILES string of the molecule is C#CCSN1N=CC(N2CCCC2)S1. The molecular formula is C9H13N3S2. The van der Waals surface area contributed by atoms with Crippen molar-refractivity contribution >= 4 is 30.1 Å². The van der Waals surface area contributed by atoms with Crippen LogP contribution in [0.4, 0.5) is 0 Å². The molecule has 5 heteroatoms. The van der Waals surface area contributed by atoms with Crippen molar-refractivity contribution in [3.8, 4) is 12.3 Å². The lowest BCUT2D eigenvalue weighted by molar-refractivity contribution is 0.369. The number of rotatable bonds is 3. The van der Waals surface area contributed by atoms with Crippen molar-refractivity contribution < 1.29 is 0 Å². The average Bonchev–Trinajstić information content (AvgIpc) is 2.85. The summed E-state index contributed by atoms with van der Waals surface area (Å²) in [5.41, 5.74) is 0. The van der Waals surface area contributed by atoms with Crippen molar-refractivity contribution in [1.82, 2.24) is 8.72 Å². The Morgan fingerprint density at radius 1 is 1.57 bits per heavy atom. The molecule has 2 aliphatic rings. The van der Waals surface area contributed by atoms with E-state index in [0.717, 1.165) is 0 Å². The Morgan fingerprint density at radius 3 is 3.07 bits per heavy atom. The average molecular weight is 227 g/mol. The predicted octanol–water partition coefficient (Wildman–Crippen LogP) is 1.64. The van der Waals surface area contributed by atoms with Gasteiger partial charge in [0.05, 0.1) is 12.0 Å². The first kappa shape index (κ1) is 10.2. The molecule has 1 fully saturated rings. The zero-order valence-corrected chi connectivity index (χ0v) is 9.56. The third-order valence-electron chi connectivity index (χ3n) is 2.25. The highest BCUT2D eigenvalue weighted by Crippen LogP contribution is 2.33. The predicted molar refractivity (Wildman–Crippen MR) is 63.8 cm³/mol. The van der Waals surface area contributed by atoms with Crippen LogP contribution in [0.1, 0.15) is 12.8 Å². The normalized spacial score (nSPS) is 27.1. The van der Waals surface area contributed by atoms with Crippen LogP contribution in [-0.2, 0) is 0 Å². The molecule has 0 aromatic heterocycles. The van der Waals surface area contributed by atoms with Gasteiger partial charge in [-0.2, -0.15) is 8.92 Å². The lowest BCUT2D eigenvalue weighted by Gasteiger charge is -2.20. The fourth-order valence-corrected chi connectivity index (χ4v) is 3.29. The van der Waals surface area contributed by atoms with Gasteiger partial charge in [-0.05, 0) is 37.9 Å². The van der Waals surface area contributed by atoms with E-state index in [1.807, 2.05) is 10.0 Å². The van der Waals surface area contributed by atoms with Gasteiger partial charge in [0.1, 0.15) is 5.37 Å². The van der Waals surface area contributed by atoms with Crippen LogP contribution in [-0.4, -0.2) is 39.2 Å². The summed E-state index contributed by atoms with van der Waals surface area (Å²) in [6.07, 6.45) is 9.85. The molecule has 0 amide bonds. The third kappa shape index (κ3) is 2.38. The molecule has 0 aliphatic carbocycles. The Hall–Kier alpha value is -0.310. The van der Waals surface area contributed by atoms with Crippen LogP contribution in [0, 0.1) is 12.3 Å². The van der Waals surface area contributed by atoms with Gasteiger partial charge < -0.3 is 0 Å². The molecule has 0 spiro atoms. The number of hydrazone groups is 1. The van der Waals surface area contributed by atoms with Gasteiger partial charge in [-0.3, -0.25) is 4.90 Å². The number of hydrogen-bond donors (Lipinski definition) is 0. The highest BCUT2D eigenvalue weighted by molar-refractivity contribution is 8.12. The lowest BCUT2D eigenvalue weighted by atomic mass is 10.4. The summed E-state index contributed by atoms with van der Waals surface area (Å²) in [6.45, 7) is 2.41. The van der Waals surface area contributed by atoms with Crippen LogP contribution in [0.15, 0.2) is 5.10 Å². The van der Waals surface area contributed by atoms with Crippen molar-refractivity contribution in [2.45, 2.75) is 18.2 Å². The van der Waals surface area contributed by atoms with Gasteiger partial charge >= 0.3 is 0 Å². The zero-order chi connectivity index (χ0) is 9.80. The molecule has 1 atom stereocenters. The maximum Gasteiger partial charge on any atom is 0.116 e. The molecule has 14 heavy (non-hydrogen) atoms. The molecule has 3 nitrogen and oxygen atoms in total. The maximum atomic E-state index is 5.19. The number of terminal acetylenes is 1. The minimum absolute atomic E-state index is 0.433. The topological polar surface area (TPSA) is 18.8 Å². The molecule has 2 rings (SSSR count). The van der Waals surface area contributed by atoms with Gasteiger partial charge in [0.2, 0.25) is 0 Å². The molecule has 2 aliphatic heterocycles. The Kier molecular flexibility index (Phi) is 3.62. The second kappa shape index (κ2) is 4.96. The van der Waals surface area contributed by atoms with E-state index in [4.69, 9.17) is 6.42 Å². The van der Waals surface area contributed by atoms with Crippen molar-refractivity contribution in [3.63, 3.8) is 0 Å². The second-order valence-electron chi connectivity index (χ2n) is 3.22. The first-order valence-corrected chi connectivity index (χ1v) is 6.49. The summed E-state index contributed by atoms with van der Waals surface area (Å²) in [7, 11) is 0. The summed E-state index contributed by atoms with van der Waals surface area (Å²) in [5, 5.41) is 4.73. The van der Waals surface area contributed by atoms with Gasteiger partial charge in [-0.1, -0.05) is 5.92 Å². The molecule has 0 saturated carbocycles. The molecule has 0 aromatic rings. The van der Waals surface area contributed by atoms with Crippen LogP contribution in [0.25, 0.3) is 0 Å². The molecule has 0 radical (unpaired) electrons. The number of likely N-dealkylation sites (tertiary alicyclic amines) is 1. The Bertz CT molecular complexity index is 255. The van der Waals surface area contributed by atoms with Crippen LogP contribution in [0.2, 0.25) is 0 Å². The standard InChI is InChI=1S/C9H13N3S2/c1-2-7-13-12-10-8-9(14-12)11-5-3-4-6-11/h1,8-9H,3-7H2. The summed E-state index contributed by atoms with van der Waals surface area (Å²) in [4.78, 5) is 2.46. The Morgan fingerprint density at radius 2 is 2.36 bits per heavy atom. The molecular weight excluding hydrogens is 214 g/mol. The number of hydrogen-bond acceptors (Lipinski definition) is 5. The van der Waals surface area contributed by atoms with E-state index in [1.165, 1.54) is 25.9 Å². The molecule has 0 N–H and O–H groups in total. The van der Waals surface area contributed by atoms with Crippen LogP contribution in [0.3, 0.4) is 0 Å². The van der Waals surface area contributed by atoms with Gasteiger partial charge in [0, 0.05) is 11.9 Å². The lowest BCUT2D eigenvalue weighted by Crippen LogP contribution is -2.29. The van der Waals surface area contributed by atoms with E-state index in [1.54, 1.807) is 23.9 Å². The monoisotopic (exact) mass is 227 g/mol. The molecule has 0 bridgehead atoms. The van der Waals surface area contributed by atoms with Crippen LogP contribution in [0.5, 0.6) is 0 Å². The van der Waals surface area contributed by atoms with E-state index in [-0.39, 0.29) is 0 Å². The molecule has 2 heterocycles. The van der Waals surface area contributed by atoms with Crippen LogP contribution >= 0.6 is 23.9 Å². The molecule has 1 saturated heterocycles. The van der Waals surface area contributed by atoms with Crippen molar-refractivity contribution in [3.05, 3.63) is 0 Å². The third-order valence-corrected chi connectivity index (χ3v) is 4.34. The van der Waals surface area contributed by atoms with Crippen LogP contribution < -0.4 is 0 Å². The van der Waals surface area contributed by atoms with Gasteiger partial charge in [-0.15, -0.1) is 6.42 Å². The minimum atomic E-state index is 0.433. The minimum Gasteiger partial charge on any atom is -0.285 e. The Balaban J connectivity index is 1.78. The molecule has 76 valence electrons. The largest absolute Gasteiger partial charge is 0.285 e. The maximum absolute atomic E-state index is 5.19. The second-order valence-corrected chi connectivity index (χ2v) is 5.38. The summed E-state index contributed by atoms with van der Waals surface area (Å²) in [5.74, 6) is 3.29. The Labute approximate surface area is 93.5 Å². The molecule has 0 aromatic carbocycles. The van der Waals surface area contributed by atoms with E-state index in [2.05, 4.69) is 15.9 Å². The fourth-order valence-electron chi connectivity index (χ4n) is 1.57. The highest BCUT2D eigenvalue weighted by atomic mass is 32.2. The van der Waals surface area contributed by atoms with E-state index < -0.39 is 0 Å². The van der Waals surface area contributed by atoms with Gasteiger partial charge in [0.15, 0.2) is 0 Å². The first-order chi connectivity index (χ1) is 6.90. The quantitative estimate of drug-likeness (QED) is 0.539. The summed E-state index contributed by atoms with van der Waals surface area (Å²) >= 11 is 3.33. The van der Waals surface area contributed by atoms with Gasteiger partial charge in [0.25, 0.3) is 0 Å². The summed E-state index contributed by atoms with van der Waals surface area (Å²) in [6, 6.07) is 0. The van der Waals surface area contributed by atoms with Crippen molar-refractivity contribution in [2.75, 3.05) is 18.8 Å². The molecule has 1 unspecified atom stereocenters. The first-order valence-electron chi connectivity index (χ1n) is 4.71. The smallest absolute Gasteiger partial charge is 0.116 e. The van der Waals surface area contributed by atoms with E-state index in [0.29, 0.717) is 11.1 Å². The van der Waals surface area contributed by atoms with Crippen molar-refractivity contribution in [1.29, 1.82) is 0 Å². The van der Waals surface area contributed by atoms with E-state index >= 15 is 0 Å². The van der Waals surface area contributed by atoms with Gasteiger partial charge in [-0.25, -0.2) is 0 Å². The highest BCUT2D eigenvalue weighted by Gasteiger charge is 2.27. The van der Waals surface area contributed by atoms with E-state index in [9.17, 15) is 0 Å². The summed E-state index contributed by atoms with van der Waals surface area (Å²) < 4.78 is 1.92.